The second kappa shape index (κ2) is 6.89. The molecule has 0 saturated heterocycles. The molecule has 0 aliphatic heterocycles. The van der Waals surface area contributed by atoms with Crippen LogP contribution in [0.1, 0.15) is 18.4 Å². The molecule has 3 N–H and O–H groups in total. The zero-order valence-electron chi connectivity index (χ0n) is 10.2. The van der Waals surface area contributed by atoms with Crippen molar-refractivity contribution in [3.05, 3.63) is 28.2 Å². The monoisotopic (exact) mass is 328 g/mol. The molecule has 19 heavy (non-hydrogen) atoms. The van der Waals surface area contributed by atoms with Gasteiger partial charge in [-0.2, -0.15) is 0 Å². The normalized spacial score (nSPS) is 9.79. The summed E-state index contributed by atoms with van der Waals surface area (Å²) in [6.07, 6.45) is -0.550. The number of benzene rings is 1. The maximum absolute atomic E-state index is 11.5. The van der Waals surface area contributed by atoms with E-state index >= 15 is 0 Å². The van der Waals surface area contributed by atoms with Crippen molar-refractivity contribution < 1.29 is 19.5 Å². The van der Waals surface area contributed by atoms with E-state index in [1.54, 1.807) is 6.07 Å². The highest BCUT2D eigenvalue weighted by Gasteiger charge is 2.10. The first-order valence-corrected chi connectivity index (χ1v) is 6.26. The van der Waals surface area contributed by atoms with E-state index in [0.717, 1.165) is 5.56 Å². The maximum atomic E-state index is 11.5. The van der Waals surface area contributed by atoms with Crippen molar-refractivity contribution in [2.45, 2.75) is 19.8 Å². The van der Waals surface area contributed by atoms with Gasteiger partial charge >= 0.3 is 12.0 Å². The number of carbonyl (C=O) groups excluding carboxylic acids is 2. The van der Waals surface area contributed by atoms with Crippen LogP contribution in [0.3, 0.4) is 0 Å². The van der Waals surface area contributed by atoms with Crippen molar-refractivity contribution in [1.82, 2.24) is 5.32 Å². The largest absolute Gasteiger partial charge is 0.481 e. The Bertz CT molecular complexity index is 516. The third-order valence-corrected chi connectivity index (χ3v) is 2.85. The van der Waals surface area contributed by atoms with Crippen LogP contribution in [-0.2, 0) is 9.59 Å². The van der Waals surface area contributed by atoms with Crippen LogP contribution >= 0.6 is 15.9 Å². The number of carbonyl (C=O) groups is 3. The van der Waals surface area contributed by atoms with Gasteiger partial charge in [0.05, 0.1) is 12.1 Å². The molecular formula is C12H13BrN2O4. The first kappa shape index (κ1) is 15.2. The van der Waals surface area contributed by atoms with Gasteiger partial charge in [0.1, 0.15) is 0 Å². The maximum Gasteiger partial charge on any atom is 0.325 e. The minimum Gasteiger partial charge on any atom is -0.481 e. The van der Waals surface area contributed by atoms with Crippen LogP contribution in [0.2, 0.25) is 0 Å². The number of aryl methyl sites for hydroxylation is 1. The molecule has 0 atom stereocenters. The second-order valence-electron chi connectivity index (χ2n) is 3.88. The van der Waals surface area contributed by atoms with Crippen molar-refractivity contribution in [3.8, 4) is 0 Å². The standard InChI is InChI=1S/C12H13BrN2O4/c1-7-2-3-9(8(13)6-7)14-12(19)15-10(16)4-5-11(17)18/h2-3,6H,4-5H2,1H3,(H,17,18)(H2,14,15,16,19). The number of urea groups is 1. The van der Waals surface area contributed by atoms with E-state index in [1.165, 1.54) is 0 Å². The molecule has 0 saturated carbocycles. The highest BCUT2D eigenvalue weighted by molar-refractivity contribution is 9.10. The van der Waals surface area contributed by atoms with Crippen LogP contribution in [-0.4, -0.2) is 23.0 Å². The SMILES string of the molecule is Cc1ccc(NC(=O)NC(=O)CCC(=O)O)c(Br)c1. The van der Waals surface area contributed by atoms with Crippen molar-refractivity contribution in [2.24, 2.45) is 0 Å². The molecule has 1 aromatic rings. The molecule has 0 heterocycles. The van der Waals surface area contributed by atoms with E-state index in [1.807, 2.05) is 19.1 Å². The molecule has 0 aliphatic carbocycles. The molecule has 102 valence electrons. The Kier molecular flexibility index (Phi) is 5.50. The van der Waals surface area contributed by atoms with Gasteiger partial charge in [0, 0.05) is 10.9 Å². The summed E-state index contributed by atoms with van der Waals surface area (Å²) >= 11 is 3.29. The average molecular weight is 329 g/mol. The summed E-state index contributed by atoms with van der Waals surface area (Å²) in [5.74, 6) is -1.72. The van der Waals surface area contributed by atoms with Crippen LogP contribution in [0.25, 0.3) is 0 Å². The molecule has 1 aromatic carbocycles. The quantitative estimate of drug-likeness (QED) is 0.790. The van der Waals surface area contributed by atoms with E-state index < -0.39 is 17.9 Å². The number of nitrogens with one attached hydrogen (secondary N) is 2. The molecule has 0 fully saturated rings. The number of hydrogen-bond donors (Lipinski definition) is 3. The lowest BCUT2D eigenvalue weighted by molar-refractivity contribution is -0.138. The van der Waals surface area contributed by atoms with E-state index in [4.69, 9.17) is 5.11 Å². The number of halogens is 1. The number of amides is 3. The lowest BCUT2D eigenvalue weighted by Crippen LogP contribution is -2.34. The van der Waals surface area contributed by atoms with Crippen LogP contribution in [0.5, 0.6) is 0 Å². The molecule has 0 aliphatic rings. The fraction of sp³-hybridized carbons (Fsp3) is 0.250. The Morgan fingerprint density at radius 1 is 1.26 bits per heavy atom. The highest BCUT2D eigenvalue weighted by atomic mass is 79.9. The molecule has 0 bridgehead atoms. The Labute approximate surface area is 118 Å². The first-order chi connectivity index (χ1) is 8.88. The van der Waals surface area contributed by atoms with Crippen LogP contribution in [0.15, 0.2) is 22.7 Å². The van der Waals surface area contributed by atoms with Gasteiger partial charge in [0.15, 0.2) is 0 Å². The third kappa shape index (κ3) is 5.52. The van der Waals surface area contributed by atoms with E-state index in [0.29, 0.717) is 10.2 Å². The van der Waals surface area contributed by atoms with Gasteiger partial charge in [-0.05, 0) is 40.5 Å². The summed E-state index contributed by atoms with van der Waals surface area (Å²) in [5.41, 5.74) is 1.55. The van der Waals surface area contributed by atoms with Crippen LogP contribution in [0.4, 0.5) is 10.5 Å². The van der Waals surface area contributed by atoms with E-state index in [9.17, 15) is 14.4 Å². The number of rotatable bonds is 4. The zero-order chi connectivity index (χ0) is 14.4. The number of carboxylic acid groups (broad SMARTS) is 1. The van der Waals surface area contributed by atoms with Crippen LogP contribution in [0, 0.1) is 6.92 Å². The molecule has 7 heteroatoms. The van der Waals surface area contributed by atoms with Crippen molar-refractivity contribution in [2.75, 3.05) is 5.32 Å². The Hall–Kier alpha value is -1.89. The van der Waals surface area contributed by atoms with E-state index in [-0.39, 0.29) is 12.8 Å². The minimum absolute atomic E-state index is 0.238. The topological polar surface area (TPSA) is 95.5 Å². The lowest BCUT2D eigenvalue weighted by Gasteiger charge is -2.08. The minimum atomic E-state index is -1.09. The average Bonchev–Trinajstić information content (AvgIpc) is 2.30. The summed E-state index contributed by atoms with van der Waals surface area (Å²) in [7, 11) is 0. The third-order valence-electron chi connectivity index (χ3n) is 2.19. The molecule has 1 rings (SSSR count). The molecule has 0 unspecified atom stereocenters. The summed E-state index contributed by atoms with van der Waals surface area (Å²) in [6.45, 7) is 1.91. The molecule has 6 nitrogen and oxygen atoms in total. The van der Waals surface area contributed by atoms with Crippen LogP contribution < -0.4 is 10.6 Å². The number of carboxylic acids is 1. The van der Waals surface area contributed by atoms with Gasteiger partial charge in [-0.3, -0.25) is 14.9 Å². The van der Waals surface area contributed by atoms with Gasteiger partial charge < -0.3 is 10.4 Å². The van der Waals surface area contributed by atoms with Crippen molar-refractivity contribution in [1.29, 1.82) is 0 Å². The lowest BCUT2D eigenvalue weighted by atomic mass is 10.2. The van der Waals surface area contributed by atoms with Gasteiger partial charge in [0.2, 0.25) is 5.91 Å². The number of anilines is 1. The summed E-state index contributed by atoms with van der Waals surface area (Å²) in [6, 6.07) is 4.63. The summed E-state index contributed by atoms with van der Waals surface area (Å²) in [5, 5.41) is 13.0. The van der Waals surface area contributed by atoms with Gasteiger partial charge in [0.25, 0.3) is 0 Å². The Balaban J connectivity index is 2.51. The molecular weight excluding hydrogens is 316 g/mol. The summed E-state index contributed by atoms with van der Waals surface area (Å²) < 4.78 is 0.695. The fourth-order valence-corrected chi connectivity index (χ4v) is 1.88. The summed E-state index contributed by atoms with van der Waals surface area (Å²) in [4.78, 5) is 33.0. The zero-order valence-corrected chi connectivity index (χ0v) is 11.8. The molecule has 0 aromatic heterocycles. The number of imide groups is 1. The highest BCUT2D eigenvalue weighted by Crippen LogP contribution is 2.23. The van der Waals surface area contributed by atoms with Gasteiger partial charge in [-0.15, -0.1) is 0 Å². The Morgan fingerprint density at radius 2 is 1.95 bits per heavy atom. The first-order valence-electron chi connectivity index (χ1n) is 5.47. The predicted octanol–water partition coefficient (Wildman–Crippen LogP) is 2.27. The number of aliphatic carboxylic acids is 1. The van der Waals surface area contributed by atoms with E-state index in [2.05, 4.69) is 26.6 Å². The van der Waals surface area contributed by atoms with Crippen molar-refractivity contribution in [3.63, 3.8) is 0 Å². The van der Waals surface area contributed by atoms with Crippen molar-refractivity contribution >= 4 is 39.5 Å². The molecule has 0 spiro atoms. The fourth-order valence-electron chi connectivity index (χ4n) is 1.28. The smallest absolute Gasteiger partial charge is 0.325 e. The molecule has 3 amide bonds. The second-order valence-corrected chi connectivity index (χ2v) is 4.73. The van der Waals surface area contributed by atoms with Gasteiger partial charge in [-0.1, -0.05) is 6.07 Å². The molecule has 0 radical (unpaired) electrons. The van der Waals surface area contributed by atoms with Gasteiger partial charge in [-0.25, -0.2) is 4.79 Å². The predicted molar refractivity (Wildman–Crippen MR) is 72.9 cm³/mol. The Morgan fingerprint density at radius 3 is 2.53 bits per heavy atom. The number of hydrogen-bond acceptors (Lipinski definition) is 3.